The van der Waals surface area contributed by atoms with E-state index in [4.69, 9.17) is 16.0 Å². The molecule has 104 valence electrons. The second-order valence-electron chi connectivity index (χ2n) is 4.52. The zero-order valence-corrected chi connectivity index (χ0v) is 13.0. The molecule has 2 heterocycles. The smallest absolute Gasteiger partial charge is 0.139 e. The lowest BCUT2D eigenvalue weighted by Gasteiger charge is -2.06. The predicted octanol–water partition coefficient (Wildman–Crippen LogP) is 4.63. The summed E-state index contributed by atoms with van der Waals surface area (Å²) in [5, 5.41) is 0. The minimum Gasteiger partial charge on any atom is -0.464 e. The number of hydrogen-bond acceptors (Lipinski definition) is 2. The van der Waals surface area contributed by atoms with E-state index in [9.17, 15) is 4.39 Å². The molecule has 1 aromatic carbocycles. The number of fused-ring (bicyclic) bond motifs is 1. The normalized spacial score (nSPS) is 11.4. The molecule has 2 aromatic heterocycles. The van der Waals surface area contributed by atoms with E-state index in [-0.39, 0.29) is 11.7 Å². The number of benzene rings is 1. The number of nitrogens with zero attached hydrogens (tertiary/aromatic N) is 2. The second-order valence-corrected chi connectivity index (χ2v) is 5.64. The van der Waals surface area contributed by atoms with E-state index in [1.165, 1.54) is 6.07 Å². The van der Waals surface area contributed by atoms with Crippen molar-refractivity contribution in [1.82, 2.24) is 9.55 Å². The van der Waals surface area contributed by atoms with Crippen LogP contribution in [0.3, 0.4) is 0 Å². The average molecular weight is 358 g/mol. The van der Waals surface area contributed by atoms with Crippen LogP contribution in [-0.2, 0) is 12.4 Å². The fraction of sp³-hybridized carbons (Fsp3) is 0.214. The summed E-state index contributed by atoms with van der Waals surface area (Å²) >= 11 is 9.13. The maximum absolute atomic E-state index is 13.6. The number of aromatic nitrogens is 2. The summed E-state index contributed by atoms with van der Waals surface area (Å²) in [6, 6.07) is 6.94. The van der Waals surface area contributed by atoms with Gasteiger partial charge in [-0.1, -0.05) is 0 Å². The van der Waals surface area contributed by atoms with Crippen molar-refractivity contribution < 1.29 is 8.81 Å². The van der Waals surface area contributed by atoms with Gasteiger partial charge in [0, 0.05) is 6.07 Å². The van der Waals surface area contributed by atoms with Crippen molar-refractivity contribution in [1.29, 1.82) is 0 Å². The molecular formula is C14H11BrClFN2O. The fourth-order valence-corrected chi connectivity index (χ4v) is 2.71. The summed E-state index contributed by atoms with van der Waals surface area (Å²) in [6.45, 7) is 2.41. The second kappa shape index (κ2) is 5.22. The van der Waals surface area contributed by atoms with E-state index < -0.39 is 0 Å². The zero-order valence-electron chi connectivity index (χ0n) is 10.7. The Kier molecular flexibility index (Phi) is 3.56. The fourth-order valence-electron chi connectivity index (χ4n) is 2.17. The standard InChI is InChI=1S/C14H11BrClFN2O/c1-8-2-3-9(20-8)7-19-13-4-10(15)11(17)5-12(13)18-14(19)6-16/h2-5H,6-7H2,1H3. The van der Waals surface area contributed by atoms with Gasteiger partial charge in [-0.15, -0.1) is 11.6 Å². The lowest BCUT2D eigenvalue weighted by Crippen LogP contribution is -2.03. The van der Waals surface area contributed by atoms with Crippen LogP contribution in [0.1, 0.15) is 17.3 Å². The first-order valence-corrected chi connectivity index (χ1v) is 7.36. The third-order valence-electron chi connectivity index (χ3n) is 3.10. The molecule has 0 fully saturated rings. The number of hydrogen-bond donors (Lipinski definition) is 0. The van der Waals surface area contributed by atoms with Crippen molar-refractivity contribution in [3.8, 4) is 0 Å². The van der Waals surface area contributed by atoms with E-state index in [2.05, 4.69) is 20.9 Å². The van der Waals surface area contributed by atoms with Crippen LogP contribution in [0, 0.1) is 12.7 Å². The van der Waals surface area contributed by atoms with E-state index in [1.54, 1.807) is 6.07 Å². The monoisotopic (exact) mass is 356 g/mol. The zero-order chi connectivity index (χ0) is 14.3. The van der Waals surface area contributed by atoms with Gasteiger partial charge >= 0.3 is 0 Å². The third-order valence-corrected chi connectivity index (χ3v) is 3.95. The molecule has 20 heavy (non-hydrogen) atoms. The van der Waals surface area contributed by atoms with Gasteiger partial charge in [-0.3, -0.25) is 0 Å². The number of aryl methyl sites for hydroxylation is 1. The maximum atomic E-state index is 13.6. The summed E-state index contributed by atoms with van der Waals surface area (Å²) in [4.78, 5) is 4.36. The number of alkyl halides is 1. The van der Waals surface area contributed by atoms with Crippen molar-refractivity contribution in [3.63, 3.8) is 0 Å². The Balaban J connectivity index is 2.14. The van der Waals surface area contributed by atoms with E-state index in [0.717, 1.165) is 17.0 Å². The molecule has 0 aliphatic carbocycles. The molecule has 0 bridgehead atoms. The molecule has 0 amide bonds. The molecule has 0 atom stereocenters. The minimum atomic E-state index is -0.336. The van der Waals surface area contributed by atoms with Gasteiger partial charge in [0.2, 0.25) is 0 Å². The molecule has 6 heteroatoms. The van der Waals surface area contributed by atoms with Crippen molar-refractivity contribution in [3.05, 3.63) is 51.9 Å². The molecule has 3 nitrogen and oxygen atoms in total. The Morgan fingerprint density at radius 2 is 2.20 bits per heavy atom. The van der Waals surface area contributed by atoms with Crippen molar-refractivity contribution in [2.24, 2.45) is 0 Å². The third kappa shape index (κ3) is 2.36. The highest BCUT2D eigenvalue weighted by Gasteiger charge is 2.14. The van der Waals surface area contributed by atoms with Crippen molar-refractivity contribution in [2.45, 2.75) is 19.3 Å². The molecule has 0 aliphatic heterocycles. The first kappa shape index (κ1) is 13.6. The molecule has 0 aliphatic rings. The highest BCUT2D eigenvalue weighted by Crippen LogP contribution is 2.26. The first-order chi connectivity index (χ1) is 9.58. The minimum absolute atomic E-state index is 0.258. The summed E-state index contributed by atoms with van der Waals surface area (Å²) in [6.07, 6.45) is 0. The largest absolute Gasteiger partial charge is 0.464 e. The molecule has 0 spiro atoms. The average Bonchev–Trinajstić information content (AvgIpc) is 2.96. The van der Waals surface area contributed by atoms with Crippen LogP contribution in [0.4, 0.5) is 4.39 Å². The number of rotatable bonds is 3. The van der Waals surface area contributed by atoms with Gasteiger partial charge in [-0.05, 0) is 41.1 Å². The topological polar surface area (TPSA) is 31.0 Å². The van der Waals surface area contributed by atoms with Gasteiger partial charge in [0.05, 0.1) is 27.9 Å². The molecule has 3 rings (SSSR count). The van der Waals surface area contributed by atoms with E-state index in [0.29, 0.717) is 22.4 Å². The molecule has 0 unspecified atom stereocenters. The van der Waals surface area contributed by atoms with Gasteiger partial charge in [-0.2, -0.15) is 0 Å². The molecule has 0 N–H and O–H groups in total. The Labute approximate surface area is 128 Å². The SMILES string of the molecule is Cc1ccc(Cn2c(CCl)nc3cc(F)c(Br)cc32)o1. The van der Waals surface area contributed by atoms with Gasteiger partial charge in [0.1, 0.15) is 23.2 Å². The Morgan fingerprint density at radius 1 is 1.40 bits per heavy atom. The molecular weight excluding hydrogens is 347 g/mol. The van der Waals surface area contributed by atoms with Crippen molar-refractivity contribution in [2.75, 3.05) is 0 Å². The van der Waals surface area contributed by atoms with Crippen LogP contribution in [0.25, 0.3) is 11.0 Å². The highest BCUT2D eigenvalue weighted by atomic mass is 79.9. The summed E-state index contributed by atoms with van der Waals surface area (Å²) < 4.78 is 21.5. The molecule has 3 aromatic rings. The van der Waals surface area contributed by atoms with Crippen molar-refractivity contribution >= 4 is 38.6 Å². The Morgan fingerprint density at radius 3 is 2.85 bits per heavy atom. The predicted molar refractivity (Wildman–Crippen MR) is 79.5 cm³/mol. The van der Waals surface area contributed by atoms with Gasteiger partial charge < -0.3 is 8.98 Å². The van der Waals surface area contributed by atoms with Crippen LogP contribution in [-0.4, -0.2) is 9.55 Å². The maximum Gasteiger partial charge on any atom is 0.139 e. The van der Waals surface area contributed by atoms with Crippen LogP contribution in [0.15, 0.2) is 33.2 Å². The molecule has 0 saturated carbocycles. The first-order valence-electron chi connectivity index (χ1n) is 6.04. The summed E-state index contributed by atoms with van der Waals surface area (Å²) in [5.74, 6) is 2.27. The number of furan rings is 1. The van der Waals surface area contributed by atoms with E-state index in [1.807, 2.05) is 23.6 Å². The van der Waals surface area contributed by atoms with E-state index >= 15 is 0 Å². The Hall–Kier alpha value is -1.33. The summed E-state index contributed by atoms with van der Waals surface area (Å²) in [5.41, 5.74) is 1.41. The highest BCUT2D eigenvalue weighted by molar-refractivity contribution is 9.10. The van der Waals surface area contributed by atoms with Gasteiger partial charge in [-0.25, -0.2) is 9.37 Å². The molecule has 0 saturated heterocycles. The van der Waals surface area contributed by atoms with Gasteiger partial charge in [0.15, 0.2) is 0 Å². The lowest BCUT2D eigenvalue weighted by molar-refractivity contribution is 0.470. The van der Waals surface area contributed by atoms with Crippen LogP contribution in [0.5, 0.6) is 0 Å². The molecule has 0 radical (unpaired) electrons. The van der Waals surface area contributed by atoms with Crippen LogP contribution < -0.4 is 0 Å². The van der Waals surface area contributed by atoms with Crippen LogP contribution >= 0.6 is 27.5 Å². The van der Waals surface area contributed by atoms with Crippen LogP contribution in [0.2, 0.25) is 0 Å². The number of imidazole rings is 1. The lowest BCUT2D eigenvalue weighted by atomic mass is 10.3. The quantitative estimate of drug-likeness (QED) is 0.640. The van der Waals surface area contributed by atoms with Gasteiger partial charge in [0.25, 0.3) is 0 Å². The summed E-state index contributed by atoms with van der Waals surface area (Å²) in [7, 11) is 0. The Bertz CT molecular complexity index is 781. The number of halogens is 3.